The molecule has 94 valence electrons. The fraction of sp³-hybridized carbons (Fsp3) is 0.417. The summed E-state index contributed by atoms with van der Waals surface area (Å²) in [6.45, 7) is 3.97. The maximum atomic E-state index is 11.8. The number of carbonyl (C=O) groups is 1. The van der Waals surface area contributed by atoms with Crippen molar-refractivity contribution in [2.75, 3.05) is 5.32 Å². The van der Waals surface area contributed by atoms with Gasteiger partial charge in [0.2, 0.25) is 5.91 Å². The number of nitrogens with one attached hydrogen (secondary N) is 1. The monoisotopic (exact) mass is 318 g/mol. The predicted octanol–water partition coefficient (Wildman–Crippen LogP) is 3.41. The lowest BCUT2D eigenvalue weighted by Crippen LogP contribution is -2.40. The first-order valence-corrected chi connectivity index (χ1v) is 6.64. The second-order valence-corrected chi connectivity index (χ2v) is 5.29. The molecule has 5 heteroatoms. The fourth-order valence-corrected chi connectivity index (χ4v) is 1.81. The van der Waals surface area contributed by atoms with Gasteiger partial charge in [-0.1, -0.05) is 31.9 Å². The minimum Gasteiger partial charge on any atom is -0.325 e. The Morgan fingerprint density at radius 1 is 1.59 bits per heavy atom. The van der Waals surface area contributed by atoms with Crippen molar-refractivity contribution in [3.63, 3.8) is 0 Å². The van der Waals surface area contributed by atoms with E-state index in [1.54, 1.807) is 18.2 Å². The molecular formula is C12H16BrClN2O. The third-order valence-corrected chi connectivity index (χ3v) is 3.96. The van der Waals surface area contributed by atoms with Gasteiger partial charge < -0.3 is 11.1 Å². The van der Waals surface area contributed by atoms with Crippen molar-refractivity contribution in [1.82, 2.24) is 0 Å². The number of hydrogen-bond donors (Lipinski definition) is 2. The van der Waals surface area contributed by atoms with Gasteiger partial charge >= 0.3 is 0 Å². The Labute approximate surface area is 115 Å². The summed E-state index contributed by atoms with van der Waals surface area (Å²) in [4.78, 5) is 11.8. The van der Waals surface area contributed by atoms with Crippen LogP contribution in [0.3, 0.4) is 0 Å². The summed E-state index contributed by atoms with van der Waals surface area (Å²) in [6, 6.07) is 4.72. The minimum absolute atomic E-state index is 0.158. The van der Waals surface area contributed by atoms with Gasteiger partial charge in [0.05, 0.1) is 11.1 Å². The highest BCUT2D eigenvalue weighted by Crippen LogP contribution is 2.25. The van der Waals surface area contributed by atoms with Crippen LogP contribution in [0, 0.1) is 5.92 Å². The molecule has 0 radical (unpaired) electrons. The summed E-state index contributed by atoms with van der Waals surface area (Å²) in [5.74, 6) is -0.0145. The van der Waals surface area contributed by atoms with Gasteiger partial charge in [0.1, 0.15) is 0 Å². The molecule has 0 saturated carbocycles. The molecule has 17 heavy (non-hydrogen) atoms. The lowest BCUT2D eigenvalue weighted by molar-refractivity contribution is -0.118. The van der Waals surface area contributed by atoms with Gasteiger partial charge in [-0.05, 0) is 40.0 Å². The number of benzene rings is 1. The average molecular weight is 320 g/mol. The van der Waals surface area contributed by atoms with E-state index in [1.165, 1.54) is 0 Å². The molecule has 0 aliphatic heterocycles. The van der Waals surface area contributed by atoms with Gasteiger partial charge in [0.25, 0.3) is 0 Å². The number of hydrogen-bond acceptors (Lipinski definition) is 2. The summed E-state index contributed by atoms with van der Waals surface area (Å²) in [5.41, 5.74) is 6.52. The van der Waals surface area contributed by atoms with Crippen LogP contribution in [0.2, 0.25) is 5.02 Å². The van der Waals surface area contributed by atoms with E-state index in [2.05, 4.69) is 21.2 Å². The molecule has 0 saturated heterocycles. The Bertz CT molecular complexity index is 411. The molecule has 1 rings (SSSR count). The number of carbonyl (C=O) groups excluding carboxylic acids is 1. The molecule has 2 atom stereocenters. The molecule has 0 aliphatic carbocycles. The second-order valence-electron chi connectivity index (χ2n) is 4.03. The molecule has 1 aromatic rings. The Hall–Kier alpha value is -0.580. The van der Waals surface area contributed by atoms with Gasteiger partial charge in [-0.15, -0.1) is 0 Å². The Morgan fingerprint density at radius 3 is 2.76 bits per heavy atom. The van der Waals surface area contributed by atoms with Crippen molar-refractivity contribution in [2.45, 2.75) is 26.3 Å². The summed E-state index contributed by atoms with van der Waals surface area (Å²) in [6.07, 6.45) is 0.874. The Balaban J connectivity index is 2.71. The maximum Gasteiger partial charge on any atom is 0.241 e. The highest BCUT2D eigenvalue weighted by atomic mass is 79.9. The number of anilines is 1. The molecular weight excluding hydrogens is 304 g/mol. The van der Waals surface area contributed by atoms with E-state index in [0.717, 1.165) is 10.9 Å². The van der Waals surface area contributed by atoms with Crippen LogP contribution in [0.5, 0.6) is 0 Å². The molecule has 3 N–H and O–H groups in total. The zero-order chi connectivity index (χ0) is 13.0. The topological polar surface area (TPSA) is 55.1 Å². The zero-order valence-corrected chi connectivity index (χ0v) is 12.2. The van der Waals surface area contributed by atoms with E-state index < -0.39 is 6.04 Å². The van der Waals surface area contributed by atoms with Crippen molar-refractivity contribution in [2.24, 2.45) is 11.7 Å². The zero-order valence-electron chi connectivity index (χ0n) is 9.84. The Kier molecular flexibility index (Phi) is 5.43. The molecule has 1 aromatic carbocycles. The number of rotatable bonds is 4. The van der Waals surface area contributed by atoms with Crippen LogP contribution in [0.1, 0.15) is 20.3 Å². The normalized spacial score (nSPS) is 14.2. The molecule has 2 unspecified atom stereocenters. The summed E-state index contributed by atoms with van der Waals surface area (Å²) in [7, 11) is 0. The van der Waals surface area contributed by atoms with E-state index >= 15 is 0 Å². The first-order valence-electron chi connectivity index (χ1n) is 5.47. The van der Waals surface area contributed by atoms with Crippen LogP contribution in [-0.4, -0.2) is 11.9 Å². The van der Waals surface area contributed by atoms with E-state index in [4.69, 9.17) is 17.3 Å². The lowest BCUT2D eigenvalue weighted by atomic mass is 9.99. The van der Waals surface area contributed by atoms with Crippen LogP contribution in [-0.2, 0) is 4.79 Å². The number of halogens is 2. The molecule has 1 amide bonds. The first kappa shape index (κ1) is 14.5. The van der Waals surface area contributed by atoms with E-state index in [1.807, 2.05) is 13.8 Å². The lowest BCUT2D eigenvalue weighted by Gasteiger charge is -2.17. The van der Waals surface area contributed by atoms with Crippen molar-refractivity contribution >= 4 is 39.1 Å². The average Bonchev–Trinajstić information content (AvgIpc) is 2.31. The second kappa shape index (κ2) is 6.38. The van der Waals surface area contributed by atoms with Gasteiger partial charge in [0, 0.05) is 10.2 Å². The molecule has 0 aromatic heterocycles. The van der Waals surface area contributed by atoms with Crippen LogP contribution >= 0.6 is 27.5 Å². The van der Waals surface area contributed by atoms with Gasteiger partial charge in [-0.25, -0.2) is 0 Å². The SMILES string of the molecule is CCC(C)C(N)C(=O)Nc1ccc(Cl)c(Br)c1. The molecule has 3 nitrogen and oxygen atoms in total. The molecule has 0 aliphatic rings. The fourth-order valence-electron chi connectivity index (χ4n) is 1.31. The van der Waals surface area contributed by atoms with Crippen molar-refractivity contribution < 1.29 is 4.79 Å². The van der Waals surface area contributed by atoms with Crippen LogP contribution < -0.4 is 11.1 Å². The predicted molar refractivity (Wildman–Crippen MR) is 75.2 cm³/mol. The van der Waals surface area contributed by atoms with E-state index in [0.29, 0.717) is 10.7 Å². The van der Waals surface area contributed by atoms with Gasteiger partial charge in [-0.2, -0.15) is 0 Å². The first-order chi connectivity index (χ1) is 7.95. The van der Waals surface area contributed by atoms with Crippen LogP contribution in [0.15, 0.2) is 22.7 Å². The molecule has 0 fully saturated rings. The third kappa shape index (κ3) is 3.98. The standard InChI is InChI=1S/C12H16BrClN2O/c1-3-7(2)11(15)12(17)16-8-4-5-10(14)9(13)6-8/h4-7,11H,3,15H2,1-2H3,(H,16,17). The van der Waals surface area contributed by atoms with Gasteiger partial charge in [-0.3, -0.25) is 4.79 Å². The summed E-state index contributed by atoms with van der Waals surface area (Å²) >= 11 is 9.17. The smallest absolute Gasteiger partial charge is 0.241 e. The van der Waals surface area contributed by atoms with Crippen molar-refractivity contribution in [3.05, 3.63) is 27.7 Å². The van der Waals surface area contributed by atoms with Crippen LogP contribution in [0.25, 0.3) is 0 Å². The highest BCUT2D eigenvalue weighted by molar-refractivity contribution is 9.10. The largest absolute Gasteiger partial charge is 0.325 e. The molecule has 0 spiro atoms. The number of nitrogens with two attached hydrogens (primary N) is 1. The van der Waals surface area contributed by atoms with E-state index in [-0.39, 0.29) is 11.8 Å². The summed E-state index contributed by atoms with van der Waals surface area (Å²) < 4.78 is 0.745. The summed E-state index contributed by atoms with van der Waals surface area (Å²) in [5, 5.41) is 3.38. The minimum atomic E-state index is -0.491. The molecule has 0 bridgehead atoms. The van der Waals surface area contributed by atoms with Crippen molar-refractivity contribution in [3.8, 4) is 0 Å². The van der Waals surface area contributed by atoms with Crippen molar-refractivity contribution in [1.29, 1.82) is 0 Å². The molecule has 0 heterocycles. The Morgan fingerprint density at radius 2 is 2.24 bits per heavy atom. The highest BCUT2D eigenvalue weighted by Gasteiger charge is 2.19. The van der Waals surface area contributed by atoms with Gasteiger partial charge in [0.15, 0.2) is 0 Å². The van der Waals surface area contributed by atoms with Crippen LogP contribution in [0.4, 0.5) is 5.69 Å². The quantitative estimate of drug-likeness (QED) is 0.893. The van der Waals surface area contributed by atoms with E-state index in [9.17, 15) is 4.79 Å². The number of amides is 1. The third-order valence-electron chi connectivity index (χ3n) is 2.75. The maximum absolute atomic E-state index is 11.8.